The van der Waals surface area contributed by atoms with Crippen molar-refractivity contribution in [3.8, 4) is 5.40 Å². The van der Waals surface area contributed by atoms with E-state index in [0.717, 1.165) is 18.6 Å². The summed E-state index contributed by atoms with van der Waals surface area (Å²) in [5.74, 6) is 2.72. The van der Waals surface area contributed by atoms with Crippen molar-refractivity contribution in [1.29, 1.82) is 5.26 Å². The van der Waals surface area contributed by atoms with Gasteiger partial charge < -0.3 is 0 Å². The van der Waals surface area contributed by atoms with Crippen LogP contribution in [0.25, 0.3) is 0 Å². The monoisotopic (exact) mass is 279 g/mol. The van der Waals surface area contributed by atoms with Crippen molar-refractivity contribution < 1.29 is 0 Å². The van der Waals surface area contributed by atoms with Gasteiger partial charge in [-0.15, -0.1) is 11.8 Å². The van der Waals surface area contributed by atoms with Crippen LogP contribution in [0.4, 0.5) is 0 Å². The van der Waals surface area contributed by atoms with E-state index in [1.165, 1.54) is 34.4 Å². The van der Waals surface area contributed by atoms with E-state index in [1.54, 1.807) is 0 Å². The number of nitrogens with zero attached hydrogens (tertiary/aromatic N) is 1. The highest BCUT2D eigenvalue weighted by Gasteiger charge is 2.09. The molecule has 0 aliphatic heterocycles. The summed E-state index contributed by atoms with van der Waals surface area (Å²) < 4.78 is 0. The Bertz CT molecular complexity index is 367. The Balaban J connectivity index is 2.55. The lowest BCUT2D eigenvalue weighted by Crippen LogP contribution is -1.98. The van der Waals surface area contributed by atoms with Crippen LogP contribution in [0.5, 0.6) is 0 Å². The summed E-state index contributed by atoms with van der Waals surface area (Å²) in [4.78, 5) is 1.36. The summed E-state index contributed by atoms with van der Waals surface area (Å²) >= 11 is 3.28. The quantitative estimate of drug-likeness (QED) is 0.367. The summed E-state index contributed by atoms with van der Waals surface area (Å²) in [5, 5.41) is 10.7. The number of hydrogen-bond donors (Lipinski definition) is 0. The molecule has 0 amide bonds. The average molecular weight is 279 g/mol. The van der Waals surface area contributed by atoms with Gasteiger partial charge in [0.2, 0.25) is 0 Å². The molecule has 1 aromatic rings. The third-order valence-electron chi connectivity index (χ3n) is 2.95. The SMILES string of the molecule is CCCSc1ccc(C(CC)CCSC#N)cc1. The van der Waals surface area contributed by atoms with Gasteiger partial charge in [-0.3, -0.25) is 0 Å². The van der Waals surface area contributed by atoms with Gasteiger partial charge in [-0.2, -0.15) is 5.26 Å². The molecular formula is C15H21NS2. The van der Waals surface area contributed by atoms with Gasteiger partial charge in [0.05, 0.1) is 0 Å². The zero-order chi connectivity index (χ0) is 13.2. The number of rotatable bonds is 8. The molecule has 0 spiro atoms. The highest BCUT2D eigenvalue weighted by Crippen LogP contribution is 2.27. The number of benzene rings is 1. The lowest BCUT2D eigenvalue weighted by molar-refractivity contribution is 0.647. The number of nitriles is 1. The summed E-state index contributed by atoms with van der Waals surface area (Å²) in [6.07, 6.45) is 3.46. The molecule has 0 radical (unpaired) electrons. The predicted octanol–water partition coefficient (Wildman–Crippen LogP) is 5.29. The number of thiocyanates is 1. The normalized spacial score (nSPS) is 12.1. The first-order chi connectivity index (χ1) is 8.81. The zero-order valence-electron chi connectivity index (χ0n) is 11.2. The minimum Gasteiger partial charge on any atom is -0.185 e. The molecule has 1 rings (SSSR count). The van der Waals surface area contributed by atoms with Crippen molar-refractivity contribution in [3.05, 3.63) is 29.8 Å². The van der Waals surface area contributed by atoms with Crippen LogP contribution >= 0.6 is 23.5 Å². The van der Waals surface area contributed by atoms with Gasteiger partial charge in [0.15, 0.2) is 0 Å². The van der Waals surface area contributed by atoms with E-state index >= 15 is 0 Å². The fourth-order valence-electron chi connectivity index (χ4n) is 1.91. The van der Waals surface area contributed by atoms with E-state index in [9.17, 15) is 0 Å². The van der Waals surface area contributed by atoms with E-state index in [-0.39, 0.29) is 0 Å². The fraction of sp³-hybridized carbons (Fsp3) is 0.533. The van der Waals surface area contributed by atoms with E-state index < -0.39 is 0 Å². The van der Waals surface area contributed by atoms with E-state index in [1.807, 2.05) is 11.8 Å². The zero-order valence-corrected chi connectivity index (χ0v) is 12.8. The molecule has 0 aliphatic carbocycles. The van der Waals surface area contributed by atoms with Gasteiger partial charge in [0, 0.05) is 10.6 Å². The topological polar surface area (TPSA) is 23.8 Å². The van der Waals surface area contributed by atoms with Crippen LogP contribution in [-0.2, 0) is 0 Å². The molecule has 1 aromatic carbocycles. The van der Waals surface area contributed by atoms with Crippen molar-refractivity contribution in [2.45, 2.75) is 43.9 Å². The Morgan fingerprint density at radius 1 is 1.17 bits per heavy atom. The number of thioether (sulfide) groups is 2. The van der Waals surface area contributed by atoms with Gasteiger partial charge in [-0.1, -0.05) is 26.0 Å². The van der Waals surface area contributed by atoms with Crippen LogP contribution in [0.15, 0.2) is 29.2 Å². The first kappa shape index (κ1) is 15.5. The minimum atomic E-state index is 0.594. The number of hydrogen-bond acceptors (Lipinski definition) is 3. The van der Waals surface area contributed by atoms with Crippen LogP contribution in [-0.4, -0.2) is 11.5 Å². The maximum Gasteiger partial charge on any atom is 0.133 e. The van der Waals surface area contributed by atoms with Gasteiger partial charge in [-0.25, -0.2) is 0 Å². The maximum atomic E-state index is 8.55. The standard InChI is InChI=1S/C15H21NS2/c1-3-10-18-15-7-5-14(6-8-15)13(4-2)9-11-17-12-16/h5-8,13H,3-4,9-11H2,1-2H3. The molecular weight excluding hydrogens is 258 g/mol. The molecule has 1 nitrogen and oxygen atoms in total. The smallest absolute Gasteiger partial charge is 0.133 e. The summed E-state index contributed by atoms with van der Waals surface area (Å²) in [6.45, 7) is 4.43. The molecule has 0 heterocycles. The summed E-state index contributed by atoms with van der Waals surface area (Å²) in [7, 11) is 0. The molecule has 1 atom stereocenters. The van der Waals surface area contributed by atoms with Gasteiger partial charge in [0.25, 0.3) is 0 Å². The fourth-order valence-corrected chi connectivity index (χ4v) is 3.17. The van der Waals surface area contributed by atoms with Crippen LogP contribution in [0.2, 0.25) is 0 Å². The van der Waals surface area contributed by atoms with Crippen LogP contribution in [0, 0.1) is 10.7 Å². The molecule has 0 fully saturated rings. The Labute approximate surface area is 119 Å². The molecule has 3 heteroatoms. The Hall–Kier alpha value is -0.590. The van der Waals surface area contributed by atoms with Gasteiger partial charge in [0.1, 0.15) is 5.40 Å². The molecule has 0 saturated carbocycles. The van der Waals surface area contributed by atoms with Crippen molar-refractivity contribution >= 4 is 23.5 Å². The molecule has 1 unspecified atom stereocenters. The van der Waals surface area contributed by atoms with E-state index in [4.69, 9.17) is 5.26 Å². The van der Waals surface area contributed by atoms with E-state index in [0.29, 0.717) is 5.92 Å². The van der Waals surface area contributed by atoms with Crippen molar-refractivity contribution in [3.63, 3.8) is 0 Å². The molecule has 0 saturated heterocycles. The average Bonchev–Trinajstić information content (AvgIpc) is 2.42. The maximum absolute atomic E-state index is 8.55. The highest BCUT2D eigenvalue weighted by molar-refractivity contribution is 8.03. The molecule has 0 aromatic heterocycles. The lowest BCUT2D eigenvalue weighted by atomic mass is 9.94. The Kier molecular flexibility index (Phi) is 8.04. The first-order valence-electron chi connectivity index (χ1n) is 6.55. The van der Waals surface area contributed by atoms with Crippen LogP contribution in [0.3, 0.4) is 0 Å². The predicted molar refractivity (Wildman–Crippen MR) is 83.2 cm³/mol. The second-order valence-corrected chi connectivity index (χ2v) is 6.30. The van der Waals surface area contributed by atoms with Gasteiger partial charge in [-0.05, 0) is 60.4 Å². The molecule has 0 N–H and O–H groups in total. The van der Waals surface area contributed by atoms with Gasteiger partial charge >= 0.3 is 0 Å². The summed E-state index contributed by atoms with van der Waals surface area (Å²) in [5.41, 5.74) is 1.41. The summed E-state index contributed by atoms with van der Waals surface area (Å²) in [6, 6.07) is 8.97. The molecule has 0 aliphatic rings. The largest absolute Gasteiger partial charge is 0.185 e. The van der Waals surface area contributed by atoms with Crippen LogP contribution in [0.1, 0.15) is 44.6 Å². The Morgan fingerprint density at radius 2 is 1.89 bits per heavy atom. The van der Waals surface area contributed by atoms with Crippen molar-refractivity contribution in [1.82, 2.24) is 0 Å². The molecule has 0 bridgehead atoms. The van der Waals surface area contributed by atoms with Crippen molar-refractivity contribution in [2.24, 2.45) is 0 Å². The third kappa shape index (κ3) is 5.37. The first-order valence-corrected chi connectivity index (χ1v) is 8.52. The second-order valence-electron chi connectivity index (χ2n) is 4.25. The third-order valence-corrected chi connectivity index (χ3v) is 4.74. The minimum absolute atomic E-state index is 0.594. The Morgan fingerprint density at radius 3 is 2.44 bits per heavy atom. The lowest BCUT2D eigenvalue weighted by Gasteiger charge is -2.14. The molecule has 18 heavy (non-hydrogen) atoms. The van der Waals surface area contributed by atoms with Crippen LogP contribution < -0.4 is 0 Å². The molecule has 98 valence electrons. The van der Waals surface area contributed by atoms with E-state index in [2.05, 4.69) is 43.5 Å². The highest BCUT2D eigenvalue weighted by atomic mass is 32.2. The second kappa shape index (κ2) is 9.35. The van der Waals surface area contributed by atoms with Crippen molar-refractivity contribution in [2.75, 3.05) is 11.5 Å².